The number of H-pyrrole nitrogens is 1. The number of benzene rings is 1. The number of carbonyl (C=O) groups excluding carboxylic acids is 1. The standard InChI is InChI=1S/C15H16N6OS2/c1-2-21-12(19-20-15(21)23)9-16-13(22)18-14-17-8-11(24-14)10-6-4-3-5-7-10/h3-8H,2,9H2,1H3,(H,20,23)(H2,16,17,18,22). The first-order valence-electron chi connectivity index (χ1n) is 7.37. The third-order valence-corrected chi connectivity index (χ3v) is 4.62. The van der Waals surface area contributed by atoms with Crippen LogP contribution in [0.1, 0.15) is 12.7 Å². The number of hydrogen-bond acceptors (Lipinski definition) is 5. The predicted molar refractivity (Wildman–Crippen MR) is 96.5 cm³/mol. The summed E-state index contributed by atoms with van der Waals surface area (Å²) in [5.74, 6) is 0.682. The average molecular weight is 360 g/mol. The molecule has 3 rings (SSSR count). The monoisotopic (exact) mass is 360 g/mol. The minimum atomic E-state index is -0.333. The van der Waals surface area contributed by atoms with Crippen LogP contribution in [0.3, 0.4) is 0 Å². The molecule has 0 saturated carbocycles. The fourth-order valence-electron chi connectivity index (χ4n) is 2.18. The number of hydrogen-bond donors (Lipinski definition) is 3. The van der Waals surface area contributed by atoms with Crippen molar-refractivity contribution in [1.82, 2.24) is 25.1 Å². The molecule has 0 radical (unpaired) electrons. The summed E-state index contributed by atoms with van der Waals surface area (Å²) in [7, 11) is 0. The van der Waals surface area contributed by atoms with Gasteiger partial charge in [0.15, 0.2) is 15.7 Å². The molecule has 0 aliphatic carbocycles. The maximum atomic E-state index is 12.0. The van der Waals surface area contributed by atoms with Gasteiger partial charge in [0, 0.05) is 12.7 Å². The molecule has 9 heteroatoms. The van der Waals surface area contributed by atoms with Crippen molar-refractivity contribution in [2.45, 2.75) is 20.0 Å². The maximum absolute atomic E-state index is 12.0. The van der Waals surface area contributed by atoms with Crippen LogP contribution >= 0.6 is 23.6 Å². The van der Waals surface area contributed by atoms with Crippen molar-refractivity contribution >= 4 is 34.7 Å². The van der Waals surface area contributed by atoms with E-state index in [-0.39, 0.29) is 12.6 Å². The number of nitrogens with zero attached hydrogens (tertiary/aromatic N) is 3. The predicted octanol–water partition coefficient (Wildman–Crippen LogP) is 3.41. The van der Waals surface area contributed by atoms with Crippen LogP contribution in [0, 0.1) is 4.77 Å². The second-order valence-corrected chi connectivity index (χ2v) is 6.31. The number of thiazole rings is 1. The molecule has 1 aromatic carbocycles. The Morgan fingerprint density at radius 2 is 2.17 bits per heavy atom. The molecule has 24 heavy (non-hydrogen) atoms. The van der Waals surface area contributed by atoms with E-state index in [4.69, 9.17) is 12.2 Å². The third-order valence-electron chi connectivity index (χ3n) is 3.35. The van der Waals surface area contributed by atoms with Gasteiger partial charge in [-0.05, 0) is 24.7 Å². The summed E-state index contributed by atoms with van der Waals surface area (Å²) in [6.45, 7) is 2.94. The Balaban J connectivity index is 1.59. The van der Waals surface area contributed by atoms with Gasteiger partial charge in [-0.2, -0.15) is 5.10 Å². The highest BCUT2D eigenvalue weighted by molar-refractivity contribution is 7.71. The zero-order valence-corrected chi connectivity index (χ0v) is 14.6. The molecule has 0 saturated heterocycles. The molecule has 0 fully saturated rings. The van der Waals surface area contributed by atoms with E-state index >= 15 is 0 Å². The Kier molecular flexibility index (Phi) is 5.02. The quantitative estimate of drug-likeness (QED) is 0.609. The van der Waals surface area contributed by atoms with Crippen LogP contribution < -0.4 is 10.6 Å². The van der Waals surface area contributed by atoms with Crippen LogP contribution in [0.15, 0.2) is 36.5 Å². The first kappa shape index (κ1) is 16.3. The molecule has 0 aliphatic heterocycles. The zero-order chi connectivity index (χ0) is 16.9. The van der Waals surface area contributed by atoms with E-state index in [2.05, 4.69) is 25.8 Å². The number of urea groups is 1. The number of aromatic amines is 1. The lowest BCUT2D eigenvalue weighted by Gasteiger charge is -2.06. The largest absolute Gasteiger partial charge is 0.331 e. The molecule has 2 heterocycles. The summed E-state index contributed by atoms with van der Waals surface area (Å²) in [5, 5.41) is 12.8. The molecule has 0 spiro atoms. The van der Waals surface area contributed by atoms with Crippen LogP contribution in [0.2, 0.25) is 0 Å². The summed E-state index contributed by atoms with van der Waals surface area (Å²) in [4.78, 5) is 17.2. The van der Waals surface area contributed by atoms with E-state index in [1.54, 1.807) is 6.20 Å². The van der Waals surface area contributed by atoms with Gasteiger partial charge in [0.05, 0.1) is 11.4 Å². The Morgan fingerprint density at radius 1 is 1.38 bits per heavy atom. The number of amides is 2. The van der Waals surface area contributed by atoms with Crippen molar-refractivity contribution < 1.29 is 4.79 Å². The number of rotatable bonds is 5. The van der Waals surface area contributed by atoms with Crippen molar-refractivity contribution in [3.63, 3.8) is 0 Å². The molecule has 2 aromatic heterocycles. The highest BCUT2D eigenvalue weighted by atomic mass is 32.1. The highest BCUT2D eigenvalue weighted by Crippen LogP contribution is 2.28. The van der Waals surface area contributed by atoms with Gasteiger partial charge < -0.3 is 9.88 Å². The smallest absolute Gasteiger partial charge is 0.321 e. The number of nitrogens with one attached hydrogen (secondary N) is 3. The van der Waals surface area contributed by atoms with Crippen molar-refractivity contribution in [1.29, 1.82) is 0 Å². The lowest BCUT2D eigenvalue weighted by atomic mass is 10.2. The van der Waals surface area contributed by atoms with E-state index < -0.39 is 0 Å². The van der Waals surface area contributed by atoms with E-state index in [9.17, 15) is 4.79 Å². The minimum absolute atomic E-state index is 0.281. The minimum Gasteiger partial charge on any atom is -0.331 e. The molecule has 3 N–H and O–H groups in total. The Morgan fingerprint density at radius 3 is 2.92 bits per heavy atom. The lowest BCUT2D eigenvalue weighted by molar-refractivity contribution is 0.251. The molecular formula is C15H16N6OS2. The summed E-state index contributed by atoms with van der Waals surface area (Å²) >= 11 is 6.54. The molecule has 0 unspecified atom stereocenters. The van der Waals surface area contributed by atoms with Crippen molar-refractivity contribution in [3.8, 4) is 10.4 Å². The Hall–Kier alpha value is -2.52. The van der Waals surface area contributed by atoms with E-state index in [0.29, 0.717) is 22.3 Å². The topological polar surface area (TPSA) is 87.6 Å². The van der Waals surface area contributed by atoms with Crippen LogP contribution in [0.4, 0.5) is 9.93 Å². The molecule has 3 aromatic rings. The molecular weight excluding hydrogens is 344 g/mol. The summed E-state index contributed by atoms with van der Waals surface area (Å²) in [6.07, 6.45) is 1.75. The molecule has 0 bridgehead atoms. The van der Waals surface area contributed by atoms with Crippen LogP contribution in [0.5, 0.6) is 0 Å². The van der Waals surface area contributed by atoms with Crippen molar-refractivity contribution in [3.05, 3.63) is 47.1 Å². The van der Waals surface area contributed by atoms with Gasteiger partial charge in [-0.3, -0.25) is 10.4 Å². The van der Waals surface area contributed by atoms with Gasteiger partial charge in [0.2, 0.25) is 0 Å². The van der Waals surface area contributed by atoms with Crippen LogP contribution in [-0.4, -0.2) is 25.8 Å². The maximum Gasteiger partial charge on any atom is 0.321 e. The molecule has 7 nitrogen and oxygen atoms in total. The van der Waals surface area contributed by atoms with Gasteiger partial charge in [0.25, 0.3) is 0 Å². The number of anilines is 1. The van der Waals surface area contributed by atoms with Gasteiger partial charge >= 0.3 is 6.03 Å². The molecule has 2 amide bonds. The number of carbonyl (C=O) groups is 1. The summed E-state index contributed by atoms with van der Waals surface area (Å²) in [6, 6.07) is 9.57. The third kappa shape index (κ3) is 3.69. The molecule has 124 valence electrons. The van der Waals surface area contributed by atoms with Gasteiger partial charge in [0.1, 0.15) is 0 Å². The van der Waals surface area contributed by atoms with Crippen LogP contribution in [-0.2, 0) is 13.1 Å². The van der Waals surface area contributed by atoms with Gasteiger partial charge in [-0.1, -0.05) is 41.7 Å². The number of aromatic nitrogens is 4. The van der Waals surface area contributed by atoms with Gasteiger partial charge in [-0.15, -0.1) is 0 Å². The fraction of sp³-hybridized carbons (Fsp3) is 0.200. The lowest BCUT2D eigenvalue weighted by Crippen LogP contribution is -2.29. The fourth-order valence-corrected chi connectivity index (χ4v) is 3.28. The van der Waals surface area contributed by atoms with E-state index in [1.807, 2.05) is 41.8 Å². The highest BCUT2D eigenvalue weighted by Gasteiger charge is 2.09. The Labute approximate surface area is 147 Å². The average Bonchev–Trinajstić information content (AvgIpc) is 3.20. The van der Waals surface area contributed by atoms with Crippen molar-refractivity contribution in [2.24, 2.45) is 0 Å². The van der Waals surface area contributed by atoms with Gasteiger partial charge in [-0.25, -0.2) is 9.78 Å². The SMILES string of the molecule is CCn1c(CNC(=O)Nc2ncc(-c3ccccc3)s2)n[nH]c1=S. The van der Waals surface area contributed by atoms with Crippen LogP contribution in [0.25, 0.3) is 10.4 Å². The van der Waals surface area contributed by atoms with E-state index in [0.717, 1.165) is 10.4 Å². The summed E-state index contributed by atoms with van der Waals surface area (Å²) in [5.41, 5.74) is 1.07. The van der Waals surface area contributed by atoms with E-state index in [1.165, 1.54) is 11.3 Å². The second kappa shape index (κ2) is 7.37. The summed E-state index contributed by atoms with van der Waals surface area (Å²) < 4.78 is 2.37. The van der Waals surface area contributed by atoms with Crippen molar-refractivity contribution in [2.75, 3.05) is 5.32 Å². The first-order valence-corrected chi connectivity index (χ1v) is 8.60. The first-order chi connectivity index (χ1) is 11.7. The normalized spacial score (nSPS) is 10.5. The second-order valence-electron chi connectivity index (χ2n) is 4.89. The Bertz CT molecular complexity index is 883. The molecule has 0 atom stereocenters. The zero-order valence-electron chi connectivity index (χ0n) is 12.9. The molecule has 0 aliphatic rings.